The molecule has 2 heterocycles. The number of hydrogen-bond donors (Lipinski definition) is 1. The van der Waals surface area contributed by atoms with Crippen LogP contribution < -0.4 is 0 Å². The minimum atomic E-state index is -0.924. The van der Waals surface area contributed by atoms with E-state index in [0.29, 0.717) is 13.0 Å². The minimum absolute atomic E-state index is 0.0626. The van der Waals surface area contributed by atoms with Gasteiger partial charge in [0.1, 0.15) is 11.5 Å². The summed E-state index contributed by atoms with van der Waals surface area (Å²) in [6, 6.07) is 2.19. The predicted molar refractivity (Wildman–Crippen MR) is 60.5 cm³/mol. The number of pyridine rings is 1. The van der Waals surface area contributed by atoms with Gasteiger partial charge >= 0.3 is 5.97 Å². The molecule has 1 aromatic heterocycles. The van der Waals surface area contributed by atoms with E-state index in [9.17, 15) is 14.0 Å². The number of aromatic nitrogens is 1. The molecule has 0 bridgehead atoms. The van der Waals surface area contributed by atoms with Crippen LogP contribution in [0.1, 0.15) is 29.8 Å². The molecule has 1 atom stereocenters. The summed E-state index contributed by atoms with van der Waals surface area (Å²) in [6.45, 7) is 0.524. The molecule has 96 valence electrons. The molecule has 0 radical (unpaired) electrons. The second-order valence-corrected chi connectivity index (χ2v) is 4.25. The lowest BCUT2D eigenvalue weighted by Crippen LogP contribution is -2.37. The highest BCUT2D eigenvalue weighted by Gasteiger charge is 2.31. The minimum Gasteiger partial charge on any atom is -0.481 e. The number of likely N-dealkylation sites (tertiary alicyclic amines) is 1. The monoisotopic (exact) mass is 252 g/mol. The number of carboxylic acid groups (broad SMARTS) is 1. The summed E-state index contributed by atoms with van der Waals surface area (Å²) in [5.74, 6) is -1.76. The smallest absolute Gasteiger partial charge is 0.305 e. The molecule has 18 heavy (non-hydrogen) atoms. The highest BCUT2D eigenvalue weighted by atomic mass is 19.1. The van der Waals surface area contributed by atoms with Gasteiger partial charge in [-0.15, -0.1) is 0 Å². The van der Waals surface area contributed by atoms with Crippen LogP contribution in [0.25, 0.3) is 0 Å². The van der Waals surface area contributed by atoms with Crippen LogP contribution in [-0.4, -0.2) is 39.5 Å². The predicted octanol–water partition coefficient (Wildman–Crippen LogP) is 1.30. The summed E-state index contributed by atoms with van der Waals surface area (Å²) in [5, 5.41) is 8.78. The van der Waals surface area contributed by atoms with Gasteiger partial charge in [0, 0.05) is 12.6 Å². The van der Waals surface area contributed by atoms with Crippen LogP contribution in [0.4, 0.5) is 4.39 Å². The first-order valence-corrected chi connectivity index (χ1v) is 5.72. The molecular weight excluding hydrogens is 239 g/mol. The molecule has 6 heteroatoms. The highest BCUT2D eigenvalue weighted by Crippen LogP contribution is 2.22. The molecule has 1 aromatic rings. The van der Waals surface area contributed by atoms with Gasteiger partial charge in [-0.05, 0) is 25.0 Å². The number of rotatable bonds is 3. The topological polar surface area (TPSA) is 70.5 Å². The average Bonchev–Trinajstić information content (AvgIpc) is 2.76. The van der Waals surface area contributed by atoms with Crippen molar-refractivity contribution in [3.8, 4) is 0 Å². The average molecular weight is 252 g/mol. The molecule has 0 spiro atoms. The molecule has 0 saturated carbocycles. The van der Waals surface area contributed by atoms with Crippen LogP contribution >= 0.6 is 0 Å². The fraction of sp³-hybridized carbons (Fsp3) is 0.417. The van der Waals surface area contributed by atoms with Crippen LogP contribution in [0.15, 0.2) is 18.3 Å². The summed E-state index contributed by atoms with van der Waals surface area (Å²) >= 11 is 0. The number of halogens is 1. The van der Waals surface area contributed by atoms with Crippen LogP contribution in [0.5, 0.6) is 0 Å². The van der Waals surface area contributed by atoms with Crippen molar-refractivity contribution in [3.05, 3.63) is 29.8 Å². The van der Waals surface area contributed by atoms with Crippen molar-refractivity contribution in [1.29, 1.82) is 0 Å². The number of aliphatic carboxylic acids is 1. The Hall–Kier alpha value is -1.98. The molecule has 5 nitrogen and oxygen atoms in total. The summed E-state index contributed by atoms with van der Waals surface area (Å²) in [7, 11) is 0. The van der Waals surface area contributed by atoms with Gasteiger partial charge in [0.2, 0.25) is 0 Å². The lowest BCUT2D eigenvalue weighted by atomic mass is 10.1. The van der Waals surface area contributed by atoms with Crippen LogP contribution in [0, 0.1) is 5.82 Å². The Labute approximate surface area is 103 Å². The number of carbonyl (C=O) groups is 2. The Balaban J connectivity index is 2.12. The van der Waals surface area contributed by atoms with Gasteiger partial charge in [0.05, 0.1) is 12.6 Å². The lowest BCUT2D eigenvalue weighted by Gasteiger charge is -2.22. The zero-order valence-corrected chi connectivity index (χ0v) is 9.67. The summed E-state index contributed by atoms with van der Waals surface area (Å²) < 4.78 is 12.7. The number of amides is 1. The van der Waals surface area contributed by atoms with Gasteiger partial charge in [-0.25, -0.2) is 9.37 Å². The summed E-state index contributed by atoms with van der Waals surface area (Å²) in [4.78, 5) is 28.0. The molecule has 1 amide bonds. The van der Waals surface area contributed by atoms with Gasteiger partial charge < -0.3 is 10.0 Å². The number of hydrogen-bond acceptors (Lipinski definition) is 3. The third-order valence-electron chi connectivity index (χ3n) is 2.99. The van der Waals surface area contributed by atoms with Gasteiger partial charge in [0.15, 0.2) is 0 Å². The molecule has 2 rings (SSSR count). The van der Waals surface area contributed by atoms with Crippen molar-refractivity contribution >= 4 is 11.9 Å². The second-order valence-electron chi connectivity index (χ2n) is 4.25. The van der Waals surface area contributed by atoms with Gasteiger partial charge in [-0.2, -0.15) is 0 Å². The fourth-order valence-electron chi connectivity index (χ4n) is 2.17. The van der Waals surface area contributed by atoms with Crippen LogP contribution in [0.3, 0.4) is 0 Å². The molecule has 0 aliphatic carbocycles. The molecule has 1 aliphatic rings. The molecule has 1 unspecified atom stereocenters. The van der Waals surface area contributed by atoms with Gasteiger partial charge in [-0.1, -0.05) is 0 Å². The molecule has 0 aromatic carbocycles. The summed E-state index contributed by atoms with van der Waals surface area (Å²) in [5.41, 5.74) is 0.147. The lowest BCUT2D eigenvalue weighted by molar-refractivity contribution is -0.137. The van der Waals surface area contributed by atoms with Crippen molar-refractivity contribution in [2.45, 2.75) is 25.3 Å². The Morgan fingerprint density at radius 1 is 1.50 bits per heavy atom. The second kappa shape index (κ2) is 5.12. The van der Waals surface area contributed by atoms with E-state index in [2.05, 4.69) is 4.98 Å². The van der Waals surface area contributed by atoms with Crippen molar-refractivity contribution in [1.82, 2.24) is 9.88 Å². The number of nitrogens with zero attached hydrogens (tertiary/aromatic N) is 2. The van der Waals surface area contributed by atoms with Crippen molar-refractivity contribution in [2.24, 2.45) is 0 Å². The van der Waals surface area contributed by atoms with E-state index in [0.717, 1.165) is 12.6 Å². The number of carboxylic acids is 1. The fourth-order valence-corrected chi connectivity index (χ4v) is 2.17. The third-order valence-corrected chi connectivity index (χ3v) is 2.99. The molecule has 1 aliphatic heterocycles. The molecule has 1 saturated heterocycles. The Bertz CT molecular complexity index is 461. The Morgan fingerprint density at radius 2 is 2.28 bits per heavy atom. The van der Waals surface area contributed by atoms with E-state index in [1.54, 1.807) is 0 Å². The van der Waals surface area contributed by atoms with Crippen molar-refractivity contribution < 1.29 is 19.1 Å². The molecule has 1 N–H and O–H groups in total. The van der Waals surface area contributed by atoms with Crippen LogP contribution in [-0.2, 0) is 4.79 Å². The normalized spacial score (nSPS) is 18.9. The standard InChI is InChI=1S/C12H13FN2O3/c13-8-3-4-10(14-7-8)12(18)15-5-1-2-9(15)6-11(16)17/h3-4,7,9H,1-2,5-6H2,(H,16,17). The first kappa shape index (κ1) is 12.5. The van der Waals surface area contributed by atoms with E-state index in [1.165, 1.54) is 17.0 Å². The molecule has 1 fully saturated rings. The summed E-state index contributed by atoms with van der Waals surface area (Å²) in [6.07, 6.45) is 2.38. The van der Waals surface area contributed by atoms with Gasteiger partial charge in [-0.3, -0.25) is 9.59 Å². The maximum absolute atomic E-state index is 12.7. The van der Waals surface area contributed by atoms with E-state index in [4.69, 9.17) is 5.11 Å². The van der Waals surface area contributed by atoms with Gasteiger partial charge in [0.25, 0.3) is 5.91 Å². The Morgan fingerprint density at radius 3 is 2.89 bits per heavy atom. The highest BCUT2D eigenvalue weighted by molar-refractivity contribution is 5.92. The largest absolute Gasteiger partial charge is 0.481 e. The maximum Gasteiger partial charge on any atom is 0.305 e. The SMILES string of the molecule is O=C(O)CC1CCCN1C(=O)c1ccc(F)cn1. The van der Waals surface area contributed by atoms with E-state index < -0.39 is 11.8 Å². The van der Waals surface area contributed by atoms with Crippen LogP contribution in [0.2, 0.25) is 0 Å². The maximum atomic E-state index is 12.7. The van der Waals surface area contributed by atoms with E-state index in [1.807, 2.05) is 0 Å². The van der Waals surface area contributed by atoms with E-state index >= 15 is 0 Å². The Kier molecular flexibility index (Phi) is 3.55. The third kappa shape index (κ3) is 2.64. The van der Waals surface area contributed by atoms with Crippen molar-refractivity contribution in [3.63, 3.8) is 0 Å². The molecular formula is C12H13FN2O3. The quantitative estimate of drug-likeness (QED) is 0.880. The van der Waals surface area contributed by atoms with E-state index in [-0.39, 0.29) is 24.1 Å². The first-order chi connectivity index (χ1) is 8.58. The zero-order valence-electron chi connectivity index (χ0n) is 9.67. The first-order valence-electron chi connectivity index (χ1n) is 5.72. The zero-order chi connectivity index (χ0) is 13.1. The van der Waals surface area contributed by atoms with Crippen molar-refractivity contribution in [2.75, 3.05) is 6.54 Å². The number of carbonyl (C=O) groups excluding carboxylic acids is 1.